The predicted molar refractivity (Wildman–Crippen MR) is 257 cm³/mol. The zero-order valence-corrected chi connectivity index (χ0v) is 40.7. The average Bonchev–Trinajstić information content (AvgIpc) is 3.94. The van der Waals surface area contributed by atoms with Crippen molar-refractivity contribution >= 4 is 23.3 Å². The van der Waals surface area contributed by atoms with Crippen LogP contribution in [-0.4, -0.2) is 74.7 Å². The number of carbonyl (C=O) groups is 2. The van der Waals surface area contributed by atoms with Crippen molar-refractivity contribution in [3.63, 3.8) is 0 Å². The van der Waals surface area contributed by atoms with E-state index in [9.17, 15) is 23.6 Å². The molecule has 13 nitrogen and oxygen atoms in total. The van der Waals surface area contributed by atoms with E-state index in [1.807, 2.05) is 35.2 Å². The third-order valence-electron chi connectivity index (χ3n) is 16.2. The highest BCUT2D eigenvalue weighted by atomic mass is 19.3. The van der Waals surface area contributed by atoms with E-state index in [1.165, 1.54) is 7.11 Å². The number of aromatic nitrogens is 4. The van der Waals surface area contributed by atoms with Gasteiger partial charge in [-0.1, -0.05) is 27.7 Å². The minimum absolute atomic E-state index is 0.0178. The zero-order chi connectivity index (χ0) is 48.6. The number of rotatable bonds is 11. The van der Waals surface area contributed by atoms with Crippen LogP contribution >= 0.6 is 0 Å². The number of nitrogens with zero attached hydrogens (tertiary/aromatic N) is 7. The smallest absolute Gasteiger partial charge is 0.264 e. The second-order valence-corrected chi connectivity index (χ2v) is 21.3. The maximum absolute atomic E-state index is 14.8. The number of benzene rings is 3. The minimum atomic E-state index is -2.66. The molecule has 1 spiro atoms. The predicted octanol–water partition coefficient (Wildman–Crippen LogP) is 10.0. The van der Waals surface area contributed by atoms with Gasteiger partial charge in [0.05, 0.1) is 37.6 Å². The van der Waals surface area contributed by atoms with Crippen molar-refractivity contribution in [3.05, 3.63) is 101 Å². The van der Waals surface area contributed by atoms with E-state index in [2.05, 4.69) is 53.8 Å². The van der Waals surface area contributed by atoms with E-state index in [4.69, 9.17) is 19.3 Å². The maximum atomic E-state index is 14.8. The van der Waals surface area contributed by atoms with Gasteiger partial charge in [-0.2, -0.15) is 15.5 Å². The van der Waals surface area contributed by atoms with Gasteiger partial charge in [-0.05, 0) is 116 Å². The lowest BCUT2D eigenvalue weighted by molar-refractivity contribution is -0.164. The van der Waals surface area contributed by atoms with Gasteiger partial charge >= 0.3 is 0 Å². The molecule has 0 unspecified atom stereocenters. The summed E-state index contributed by atoms with van der Waals surface area (Å²) in [5.41, 5.74) is 5.59. The van der Waals surface area contributed by atoms with E-state index < -0.39 is 6.43 Å². The molecule has 0 saturated heterocycles. The summed E-state index contributed by atoms with van der Waals surface area (Å²) in [5, 5.41) is 22.3. The van der Waals surface area contributed by atoms with Gasteiger partial charge in [-0.15, -0.1) is 0 Å². The number of methoxy groups -OCH3 is 1. The fraction of sp³-hybridized carbons (Fsp3) is 0.500. The monoisotopic (exact) mass is 940 g/mol. The second-order valence-electron chi connectivity index (χ2n) is 21.3. The number of hydrogen-bond acceptors (Lipinski definition) is 9. The Bertz CT molecular complexity index is 2810. The lowest BCUT2D eigenvalue weighted by Crippen LogP contribution is -2.74. The summed E-state index contributed by atoms with van der Waals surface area (Å²) < 4.78 is 51.8. The highest BCUT2D eigenvalue weighted by Gasteiger charge is 2.64. The Morgan fingerprint density at radius 2 is 1.67 bits per heavy atom. The Morgan fingerprint density at radius 3 is 2.32 bits per heavy atom. The molecule has 0 radical (unpaired) electrons. The Kier molecular flexibility index (Phi) is 11.8. The molecule has 3 saturated carbocycles. The molecule has 5 aromatic rings. The molecule has 2 aliphatic heterocycles. The lowest BCUT2D eigenvalue weighted by Gasteiger charge is -2.63. The van der Waals surface area contributed by atoms with Crippen LogP contribution in [0, 0.1) is 27.6 Å². The number of anilines is 2. The molecule has 362 valence electrons. The van der Waals surface area contributed by atoms with Gasteiger partial charge in [-0.3, -0.25) is 19.0 Å². The molecular formula is C54H62F2N8O5. The van der Waals surface area contributed by atoms with Crippen LogP contribution in [-0.2, 0) is 31.2 Å². The summed E-state index contributed by atoms with van der Waals surface area (Å²) in [4.78, 5) is 30.3. The van der Waals surface area contributed by atoms with Crippen molar-refractivity contribution in [3.8, 4) is 34.4 Å². The van der Waals surface area contributed by atoms with E-state index in [0.29, 0.717) is 59.8 Å². The molecule has 3 aromatic carbocycles. The molecule has 0 bridgehead atoms. The Labute approximate surface area is 402 Å². The summed E-state index contributed by atoms with van der Waals surface area (Å²) in [6, 6.07) is 18.4. The standard InChI is InChI=1S/C54H62F2N8O5/c1-32(65)62-22-18-44-43(31-62)48(63-21-8-9-34-23-41(36-29-58-61(6)30-36)42(47(55)56)25-45(34)63)60-64(44)37-16-19-54(20-17-37)26-40(27-54)68-38-13-10-33(11-14-38)49(66)59-50-52(2,3)51(53(50,4)5)69-39-15-12-35(28-57)46(24-39)67-7/h10-15,23-25,29-30,37,40,47,50-51H,8-9,16-22,26-27,31H2,1-7H3,(H,59,66). The van der Waals surface area contributed by atoms with Gasteiger partial charge < -0.3 is 29.3 Å². The van der Waals surface area contributed by atoms with Gasteiger partial charge in [0.15, 0.2) is 5.82 Å². The number of fused-ring (bicyclic) bond motifs is 2. The number of ether oxygens (including phenoxy) is 3. The summed E-state index contributed by atoms with van der Waals surface area (Å²) in [6.45, 7) is 11.7. The van der Waals surface area contributed by atoms with Crippen molar-refractivity contribution in [1.82, 2.24) is 29.8 Å². The first-order valence-corrected chi connectivity index (χ1v) is 24.4. The maximum Gasteiger partial charge on any atom is 0.264 e. The number of hydrogen-bond donors (Lipinski definition) is 1. The van der Waals surface area contributed by atoms with Crippen LogP contribution in [0.3, 0.4) is 0 Å². The number of carbonyl (C=O) groups excluding carboxylic acids is 2. The lowest BCUT2D eigenvalue weighted by atomic mass is 9.49. The Hall–Kier alpha value is -6.43. The second kappa shape index (κ2) is 17.5. The normalized spacial score (nSPS) is 24.4. The molecule has 1 N–H and O–H groups in total. The molecular weight excluding hydrogens is 879 g/mol. The van der Waals surface area contributed by atoms with Gasteiger partial charge in [0.25, 0.3) is 12.3 Å². The van der Waals surface area contributed by atoms with Gasteiger partial charge in [0, 0.05) is 96.3 Å². The summed E-state index contributed by atoms with van der Waals surface area (Å²) in [6.07, 6.45) is 9.01. The van der Waals surface area contributed by atoms with E-state index in [0.717, 1.165) is 85.4 Å². The van der Waals surface area contributed by atoms with Crippen LogP contribution in [0.15, 0.2) is 67.0 Å². The molecule has 4 heterocycles. The van der Waals surface area contributed by atoms with Crippen molar-refractivity contribution in [2.24, 2.45) is 23.3 Å². The largest absolute Gasteiger partial charge is 0.495 e. The van der Waals surface area contributed by atoms with E-state index in [-0.39, 0.29) is 57.9 Å². The summed E-state index contributed by atoms with van der Waals surface area (Å²) in [7, 11) is 3.32. The molecule has 2 amide bonds. The van der Waals surface area contributed by atoms with Crippen molar-refractivity contribution in [2.75, 3.05) is 25.1 Å². The SMILES string of the molecule is COc1cc(OC2C(C)(C)C(NC(=O)c3ccc(OC4CC5(CCC(n6nc(N7CCCc8cc(-c9cnn(C)c9)c(C(F)F)cc87)c7c6CCN(C(C)=O)C7)CC5)C4)cc3)C2(C)C)ccc1C#N. The first kappa shape index (κ1) is 46.3. The third kappa shape index (κ3) is 8.27. The highest BCUT2D eigenvalue weighted by molar-refractivity contribution is 5.94. The molecule has 69 heavy (non-hydrogen) atoms. The van der Waals surface area contributed by atoms with Crippen LogP contribution in [0.1, 0.15) is 130 Å². The van der Waals surface area contributed by atoms with E-state index >= 15 is 0 Å². The quantitative estimate of drug-likeness (QED) is 0.137. The van der Waals surface area contributed by atoms with Crippen LogP contribution in [0.5, 0.6) is 17.2 Å². The van der Waals surface area contributed by atoms with Crippen molar-refractivity contribution in [2.45, 2.75) is 130 Å². The molecule has 3 aliphatic carbocycles. The fourth-order valence-electron chi connectivity index (χ4n) is 12.8. The molecule has 3 fully saturated rings. The number of alkyl halides is 2. The van der Waals surface area contributed by atoms with E-state index in [1.54, 1.807) is 55.3 Å². The number of halogens is 2. The fourth-order valence-corrected chi connectivity index (χ4v) is 12.8. The van der Waals surface area contributed by atoms with Crippen molar-refractivity contribution in [1.29, 1.82) is 5.26 Å². The molecule has 10 rings (SSSR count). The molecule has 5 aliphatic rings. The first-order chi connectivity index (χ1) is 33.0. The number of nitrogens with one attached hydrogen (secondary N) is 1. The topological polar surface area (TPSA) is 140 Å². The third-order valence-corrected chi connectivity index (χ3v) is 16.2. The Balaban J connectivity index is 0.774. The van der Waals surface area contributed by atoms with Crippen LogP contribution in [0.25, 0.3) is 11.1 Å². The van der Waals surface area contributed by atoms with Crippen molar-refractivity contribution < 1.29 is 32.6 Å². The highest BCUT2D eigenvalue weighted by Crippen LogP contribution is 2.57. The zero-order valence-electron chi connectivity index (χ0n) is 40.7. The summed E-state index contributed by atoms with van der Waals surface area (Å²) >= 11 is 0. The van der Waals surface area contributed by atoms with Gasteiger partial charge in [0.2, 0.25) is 5.91 Å². The number of amides is 2. The summed E-state index contributed by atoms with van der Waals surface area (Å²) in [5.74, 6) is 2.47. The van der Waals surface area contributed by atoms with Crippen LogP contribution in [0.4, 0.5) is 20.3 Å². The van der Waals surface area contributed by atoms with Crippen LogP contribution in [0.2, 0.25) is 0 Å². The Morgan fingerprint density at radius 1 is 0.942 bits per heavy atom. The average molecular weight is 941 g/mol. The molecule has 0 atom stereocenters. The molecule has 15 heteroatoms. The molecule has 2 aromatic heterocycles. The number of aryl methyl sites for hydroxylation is 2. The van der Waals surface area contributed by atoms with Gasteiger partial charge in [-0.25, -0.2) is 8.78 Å². The van der Waals surface area contributed by atoms with Gasteiger partial charge in [0.1, 0.15) is 29.4 Å². The first-order valence-electron chi connectivity index (χ1n) is 24.4. The minimum Gasteiger partial charge on any atom is -0.495 e. The number of nitriles is 1. The van der Waals surface area contributed by atoms with Crippen LogP contribution < -0.4 is 24.4 Å².